The summed E-state index contributed by atoms with van der Waals surface area (Å²) in [6.07, 6.45) is 0. The Hall–Kier alpha value is -3.17. The van der Waals surface area contributed by atoms with Crippen molar-refractivity contribution < 1.29 is 33.0 Å². The number of hydrogen-bond donors (Lipinski definition) is 0. The van der Waals surface area contributed by atoms with Gasteiger partial charge in [0.2, 0.25) is 0 Å². The maximum Gasteiger partial charge on any atom is 0.328 e. The molecule has 3 amide bonds. The predicted molar refractivity (Wildman–Crippen MR) is 113 cm³/mol. The van der Waals surface area contributed by atoms with Crippen LogP contribution in [0.15, 0.2) is 24.3 Å². The van der Waals surface area contributed by atoms with Crippen LogP contribution in [0.4, 0.5) is 15.8 Å². The van der Waals surface area contributed by atoms with E-state index in [0.717, 1.165) is 17.0 Å². The van der Waals surface area contributed by atoms with Gasteiger partial charge in [-0.2, -0.15) is 0 Å². The second kappa shape index (κ2) is 8.07. The second-order valence-corrected chi connectivity index (χ2v) is 7.82. The van der Waals surface area contributed by atoms with E-state index in [1.54, 1.807) is 6.92 Å². The number of carbonyl (C=O) groups excluding carboxylic acids is 4. The van der Waals surface area contributed by atoms with Gasteiger partial charge in [0.15, 0.2) is 6.61 Å². The third-order valence-electron chi connectivity index (χ3n) is 5.09. The first-order valence-corrected chi connectivity index (χ1v) is 10.2. The third-order valence-corrected chi connectivity index (χ3v) is 5.81. The number of nitrogens with zero attached hydrogens (tertiary/aromatic N) is 2. The summed E-state index contributed by atoms with van der Waals surface area (Å²) in [5.74, 6) is -3.78. The maximum absolute atomic E-state index is 15.2. The number of fused-ring (bicyclic) bond motifs is 2. The van der Waals surface area contributed by atoms with Crippen LogP contribution in [0.25, 0.3) is 0 Å². The summed E-state index contributed by atoms with van der Waals surface area (Å²) in [5, 5.41) is 0.148. The number of hydrogen-bond acceptors (Lipinski definition) is 6. The monoisotopic (exact) mass is 480 g/mol. The van der Waals surface area contributed by atoms with E-state index in [-0.39, 0.29) is 44.9 Å². The van der Waals surface area contributed by atoms with Gasteiger partial charge in [-0.05, 0) is 26.0 Å². The van der Waals surface area contributed by atoms with Gasteiger partial charge < -0.3 is 9.47 Å². The molecule has 0 spiro atoms. The van der Waals surface area contributed by atoms with Crippen LogP contribution < -0.4 is 14.5 Å². The van der Waals surface area contributed by atoms with Crippen LogP contribution in [-0.4, -0.2) is 42.9 Å². The number of amides is 3. The largest absolute Gasteiger partial charge is 0.481 e. The zero-order valence-corrected chi connectivity index (χ0v) is 18.3. The smallest absolute Gasteiger partial charge is 0.328 e. The molecule has 0 aromatic heterocycles. The van der Waals surface area contributed by atoms with Gasteiger partial charge in [-0.3, -0.25) is 19.3 Å². The molecule has 1 atom stereocenters. The fraction of sp³-hybridized carbons (Fsp3) is 0.238. The minimum atomic E-state index is -1.04. The molecule has 8 nitrogen and oxygen atoms in total. The van der Waals surface area contributed by atoms with Gasteiger partial charge in [0, 0.05) is 12.1 Å². The lowest BCUT2D eigenvalue weighted by molar-refractivity contribution is -0.145. The summed E-state index contributed by atoms with van der Waals surface area (Å²) in [5.41, 5.74) is -0.434. The van der Waals surface area contributed by atoms with Gasteiger partial charge in [0.05, 0.1) is 39.2 Å². The van der Waals surface area contributed by atoms with Crippen LogP contribution in [0.3, 0.4) is 0 Å². The van der Waals surface area contributed by atoms with E-state index in [2.05, 4.69) is 0 Å². The van der Waals surface area contributed by atoms with E-state index < -0.39 is 42.2 Å². The van der Waals surface area contributed by atoms with Crippen molar-refractivity contribution in [3.63, 3.8) is 0 Å². The average molecular weight is 481 g/mol. The van der Waals surface area contributed by atoms with Gasteiger partial charge in [-0.15, -0.1) is 0 Å². The highest BCUT2D eigenvalue weighted by Gasteiger charge is 2.41. The Morgan fingerprint density at radius 3 is 2.25 bits per heavy atom. The number of benzene rings is 2. The van der Waals surface area contributed by atoms with E-state index in [9.17, 15) is 19.2 Å². The molecule has 0 bridgehead atoms. The van der Waals surface area contributed by atoms with Crippen LogP contribution in [0.1, 0.15) is 34.6 Å². The molecule has 2 heterocycles. The molecule has 4 rings (SSSR count). The normalized spacial score (nSPS) is 16.0. The predicted octanol–water partition coefficient (Wildman–Crippen LogP) is 3.61. The first kappa shape index (κ1) is 22.0. The topological polar surface area (TPSA) is 93.2 Å². The molecule has 2 aromatic rings. The third kappa shape index (κ3) is 3.37. The SMILES string of the molecule is CCOC(=O)C(C)N1C(=O)COc2cc(N3C(=O)c4cc(Cl)c(Cl)cc4C3=O)c(F)cc21. The number of carbonyl (C=O) groups is 4. The Bertz CT molecular complexity index is 1160. The number of imide groups is 1. The second-order valence-electron chi connectivity index (χ2n) is 7.01. The first-order chi connectivity index (χ1) is 15.1. The van der Waals surface area contributed by atoms with E-state index in [0.29, 0.717) is 4.90 Å². The highest BCUT2D eigenvalue weighted by atomic mass is 35.5. The van der Waals surface area contributed by atoms with Crippen LogP contribution in [0, 0.1) is 5.82 Å². The lowest BCUT2D eigenvalue weighted by Gasteiger charge is -2.33. The van der Waals surface area contributed by atoms with Crippen LogP contribution in [0.2, 0.25) is 10.0 Å². The van der Waals surface area contributed by atoms with Crippen LogP contribution >= 0.6 is 23.2 Å². The number of ether oxygens (including phenoxy) is 2. The molecule has 2 aliphatic rings. The summed E-state index contributed by atoms with van der Waals surface area (Å²) in [7, 11) is 0. The van der Waals surface area contributed by atoms with Gasteiger partial charge in [0.25, 0.3) is 17.7 Å². The van der Waals surface area contributed by atoms with Gasteiger partial charge in [0.1, 0.15) is 17.6 Å². The Labute approximate surface area is 191 Å². The number of esters is 1. The number of rotatable bonds is 4. The molecule has 2 aromatic carbocycles. The Balaban J connectivity index is 1.76. The molecule has 0 fully saturated rings. The Kier molecular flexibility index (Phi) is 5.56. The molecular formula is C21H15Cl2FN2O6. The van der Waals surface area contributed by atoms with E-state index >= 15 is 4.39 Å². The van der Waals surface area contributed by atoms with Gasteiger partial charge in [-0.1, -0.05) is 23.2 Å². The van der Waals surface area contributed by atoms with Crippen molar-refractivity contribution in [2.75, 3.05) is 23.0 Å². The lowest BCUT2D eigenvalue weighted by Crippen LogP contribution is -2.48. The van der Waals surface area contributed by atoms with Gasteiger partial charge in [-0.25, -0.2) is 14.1 Å². The van der Waals surface area contributed by atoms with Crippen molar-refractivity contribution in [2.45, 2.75) is 19.9 Å². The maximum atomic E-state index is 15.2. The molecule has 2 aliphatic heterocycles. The van der Waals surface area contributed by atoms with Crippen molar-refractivity contribution in [1.29, 1.82) is 0 Å². The fourth-order valence-corrected chi connectivity index (χ4v) is 3.92. The molecule has 0 saturated heterocycles. The molecule has 0 saturated carbocycles. The Morgan fingerprint density at radius 2 is 1.69 bits per heavy atom. The average Bonchev–Trinajstić information content (AvgIpc) is 2.97. The molecule has 0 aliphatic carbocycles. The fourth-order valence-electron chi connectivity index (χ4n) is 3.60. The van der Waals surface area contributed by atoms with Crippen molar-refractivity contribution in [2.24, 2.45) is 0 Å². The number of anilines is 2. The van der Waals surface area contributed by atoms with E-state index in [1.807, 2.05) is 0 Å². The standard InChI is InChI=1S/C21H15Cl2FN2O6/c1-3-31-21(30)9(2)25-16-6-14(24)15(7-17(16)32-8-18(25)27)26-19(28)10-4-12(22)13(23)5-11(10)20(26)29/h4-7,9H,3,8H2,1-2H3. The zero-order valence-electron chi connectivity index (χ0n) is 16.8. The van der Waals surface area contributed by atoms with Crippen molar-refractivity contribution in [1.82, 2.24) is 0 Å². The summed E-state index contributed by atoms with van der Waals surface area (Å²) >= 11 is 11.9. The minimum absolute atomic E-state index is 0.0183. The highest BCUT2D eigenvalue weighted by Crippen LogP contribution is 2.41. The quantitative estimate of drug-likeness (QED) is 0.490. The molecular weight excluding hydrogens is 466 g/mol. The molecule has 0 N–H and O–H groups in total. The minimum Gasteiger partial charge on any atom is -0.481 e. The molecule has 166 valence electrons. The molecule has 32 heavy (non-hydrogen) atoms. The van der Waals surface area contributed by atoms with Crippen LogP contribution in [0.5, 0.6) is 5.75 Å². The summed E-state index contributed by atoms with van der Waals surface area (Å²) in [6.45, 7) is 2.74. The van der Waals surface area contributed by atoms with Crippen LogP contribution in [-0.2, 0) is 14.3 Å². The van der Waals surface area contributed by atoms with Gasteiger partial charge >= 0.3 is 5.97 Å². The summed E-state index contributed by atoms with van der Waals surface area (Å²) < 4.78 is 25.5. The molecule has 11 heteroatoms. The summed E-state index contributed by atoms with van der Waals surface area (Å²) in [6, 6.07) is 3.51. The highest BCUT2D eigenvalue weighted by molar-refractivity contribution is 6.44. The van der Waals surface area contributed by atoms with Crippen molar-refractivity contribution in [3.8, 4) is 5.75 Å². The van der Waals surface area contributed by atoms with E-state index in [1.165, 1.54) is 19.1 Å². The summed E-state index contributed by atoms with van der Waals surface area (Å²) in [4.78, 5) is 52.0. The zero-order chi connectivity index (χ0) is 23.3. The Morgan fingerprint density at radius 1 is 1.09 bits per heavy atom. The van der Waals surface area contributed by atoms with Crippen molar-refractivity contribution >= 4 is 58.3 Å². The van der Waals surface area contributed by atoms with E-state index in [4.69, 9.17) is 32.7 Å². The first-order valence-electron chi connectivity index (χ1n) is 9.48. The molecule has 0 radical (unpaired) electrons. The number of halogens is 3. The van der Waals surface area contributed by atoms with Crippen molar-refractivity contribution in [3.05, 3.63) is 51.3 Å². The lowest BCUT2D eigenvalue weighted by atomic mass is 10.1. The molecule has 1 unspecified atom stereocenters.